The van der Waals surface area contributed by atoms with Crippen LogP contribution in [0.15, 0.2) is 28.7 Å². The summed E-state index contributed by atoms with van der Waals surface area (Å²) < 4.78 is 5.71. The van der Waals surface area contributed by atoms with Crippen molar-refractivity contribution in [2.45, 2.75) is 37.9 Å². The van der Waals surface area contributed by atoms with Crippen LogP contribution in [0.1, 0.15) is 41.8 Å². The lowest BCUT2D eigenvalue weighted by Crippen LogP contribution is -2.05. The van der Waals surface area contributed by atoms with Crippen LogP contribution in [-0.2, 0) is 0 Å². The van der Waals surface area contributed by atoms with E-state index in [2.05, 4.69) is 0 Å². The fourth-order valence-corrected chi connectivity index (χ4v) is 3.86. The lowest BCUT2D eigenvalue weighted by Gasteiger charge is -2.06. The second-order valence-corrected chi connectivity index (χ2v) is 6.53. The number of benzene rings is 1. The van der Waals surface area contributed by atoms with Gasteiger partial charge in [0.15, 0.2) is 5.76 Å². The number of rotatable bonds is 4. The number of hydrogen-bond acceptors (Lipinski definition) is 3. The Hall–Kier alpha value is -1.22. The minimum atomic E-state index is 0.118. The van der Waals surface area contributed by atoms with E-state index in [1.165, 1.54) is 25.7 Å². The maximum Gasteiger partial charge on any atom is 0.207 e. The monoisotopic (exact) mass is 274 g/mol. The number of thioether (sulfide) groups is 1. The number of carbonyl (C=O) groups excluding carboxylic acids is 1. The average Bonchev–Trinajstić information content (AvgIpc) is 3.05. The average molecular weight is 274 g/mol. The van der Waals surface area contributed by atoms with E-state index in [0.717, 1.165) is 16.5 Å². The number of carbonyl (C=O) groups is 1. The quantitative estimate of drug-likeness (QED) is 0.763. The molecule has 1 saturated carbocycles. The molecule has 0 N–H and O–H groups in total. The van der Waals surface area contributed by atoms with Gasteiger partial charge in [0.25, 0.3) is 0 Å². The number of aryl methyl sites for hydroxylation is 1. The largest absolute Gasteiger partial charge is 0.453 e. The second kappa shape index (κ2) is 5.41. The molecule has 0 atom stereocenters. The van der Waals surface area contributed by atoms with Crippen molar-refractivity contribution < 1.29 is 9.21 Å². The molecule has 2 aromatic rings. The number of ketones is 1. The summed E-state index contributed by atoms with van der Waals surface area (Å²) >= 11 is 1.79. The van der Waals surface area contributed by atoms with Gasteiger partial charge < -0.3 is 4.42 Å². The summed E-state index contributed by atoms with van der Waals surface area (Å²) in [5.41, 5.74) is 1.93. The Balaban J connectivity index is 1.72. The summed E-state index contributed by atoms with van der Waals surface area (Å²) in [7, 11) is 0. The predicted octanol–water partition coefficient (Wildman–Crippen LogP) is 4.60. The Morgan fingerprint density at radius 1 is 1.37 bits per heavy atom. The maximum absolute atomic E-state index is 12.2. The van der Waals surface area contributed by atoms with E-state index in [9.17, 15) is 4.79 Å². The van der Waals surface area contributed by atoms with Crippen molar-refractivity contribution in [3.05, 3.63) is 35.6 Å². The molecule has 1 aromatic carbocycles. The summed E-state index contributed by atoms with van der Waals surface area (Å²) in [6.45, 7) is 2.01. The highest BCUT2D eigenvalue weighted by atomic mass is 32.2. The van der Waals surface area contributed by atoms with E-state index in [1.54, 1.807) is 11.8 Å². The first-order valence-corrected chi connectivity index (χ1v) is 7.93. The van der Waals surface area contributed by atoms with Crippen LogP contribution >= 0.6 is 11.8 Å². The van der Waals surface area contributed by atoms with Crippen molar-refractivity contribution in [2.75, 3.05) is 5.75 Å². The van der Waals surface area contributed by atoms with Gasteiger partial charge in [0.1, 0.15) is 5.58 Å². The van der Waals surface area contributed by atoms with Gasteiger partial charge in [-0.25, -0.2) is 0 Å². The van der Waals surface area contributed by atoms with Gasteiger partial charge in [0, 0.05) is 10.6 Å². The van der Waals surface area contributed by atoms with Crippen molar-refractivity contribution in [1.82, 2.24) is 0 Å². The zero-order valence-corrected chi connectivity index (χ0v) is 12.0. The fraction of sp³-hybridized carbons (Fsp3) is 0.438. The number of para-hydroxylation sites is 1. The van der Waals surface area contributed by atoms with Gasteiger partial charge in [-0.3, -0.25) is 4.79 Å². The molecule has 2 nitrogen and oxygen atoms in total. The first-order valence-electron chi connectivity index (χ1n) is 6.88. The standard InChI is InChI=1S/C16H18O2S/c1-11-5-4-6-12-9-15(18-16(11)12)14(17)10-19-13-7-2-3-8-13/h4-6,9,13H,2-3,7-8,10H2,1H3. The van der Waals surface area contributed by atoms with Crippen LogP contribution in [0.5, 0.6) is 0 Å². The second-order valence-electron chi connectivity index (χ2n) is 5.24. The summed E-state index contributed by atoms with van der Waals surface area (Å²) in [5.74, 6) is 1.17. The molecular formula is C16H18O2S. The molecular weight excluding hydrogens is 256 g/mol. The summed E-state index contributed by atoms with van der Waals surface area (Å²) in [4.78, 5) is 12.2. The molecule has 100 valence electrons. The summed E-state index contributed by atoms with van der Waals surface area (Å²) in [6, 6.07) is 7.87. The Bertz CT molecular complexity index is 594. The van der Waals surface area contributed by atoms with Crippen molar-refractivity contribution in [3.63, 3.8) is 0 Å². The fourth-order valence-electron chi connectivity index (χ4n) is 2.67. The highest BCUT2D eigenvalue weighted by Gasteiger charge is 2.19. The van der Waals surface area contributed by atoms with Crippen LogP contribution in [0.3, 0.4) is 0 Å². The zero-order chi connectivity index (χ0) is 13.2. The van der Waals surface area contributed by atoms with E-state index in [1.807, 2.05) is 31.2 Å². The van der Waals surface area contributed by atoms with Gasteiger partial charge in [-0.15, -0.1) is 0 Å². The van der Waals surface area contributed by atoms with Crippen LogP contribution in [0, 0.1) is 6.92 Å². The van der Waals surface area contributed by atoms with Gasteiger partial charge >= 0.3 is 0 Å². The van der Waals surface area contributed by atoms with E-state index in [0.29, 0.717) is 16.8 Å². The molecule has 0 bridgehead atoms. The molecule has 0 radical (unpaired) electrons. The molecule has 1 heterocycles. The first-order chi connectivity index (χ1) is 9.24. The predicted molar refractivity (Wildman–Crippen MR) is 80.0 cm³/mol. The third kappa shape index (κ3) is 2.71. The van der Waals surface area contributed by atoms with Crippen LogP contribution in [0.25, 0.3) is 11.0 Å². The SMILES string of the molecule is Cc1cccc2cc(C(=O)CSC3CCCC3)oc12. The van der Waals surface area contributed by atoms with Crippen molar-refractivity contribution in [1.29, 1.82) is 0 Å². The topological polar surface area (TPSA) is 30.2 Å². The number of furan rings is 1. The Morgan fingerprint density at radius 3 is 2.89 bits per heavy atom. The highest BCUT2D eigenvalue weighted by molar-refractivity contribution is 8.00. The molecule has 0 aliphatic heterocycles. The number of fused-ring (bicyclic) bond motifs is 1. The Morgan fingerprint density at radius 2 is 2.16 bits per heavy atom. The van der Waals surface area contributed by atoms with E-state index < -0.39 is 0 Å². The third-order valence-corrected chi connectivity index (χ3v) is 5.14. The molecule has 0 spiro atoms. The minimum absolute atomic E-state index is 0.118. The van der Waals surface area contributed by atoms with Gasteiger partial charge in [0.2, 0.25) is 5.78 Å². The lowest BCUT2D eigenvalue weighted by molar-refractivity contribution is 0.0994. The van der Waals surface area contributed by atoms with Crippen molar-refractivity contribution in [3.8, 4) is 0 Å². The van der Waals surface area contributed by atoms with Crippen molar-refractivity contribution >= 4 is 28.5 Å². The Labute approximate surface area is 117 Å². The normalized spacial score (nSPS) is 16.3. The van der Waals surface area contributed by atoms with Crippen LogP contribution in [0.4, 0.5) is 0 Å². The molecule has 0 saturated heterocycles. The zero-order valence-electron chi connectivity index (χ0n) is 11.1. The Kier molecular flexibility index (Phi) is 3.65. The molecule has 0 amide bonds. The molecule has 0 unspecified atom stereocenters. The maximum atomic E-state index is 12.2. The molecule has 19 heavy (non-hydrogen) atoms. The molecule has 3 rings (SSSR count). The summed E-state index contributed by atoms with van der Waals surface area (Å²) in [6.07, 6.45) is 5.15. The smallest absolute Gasteiger partial charge is 0.207 e. The molecule has 1 aromatic heterocycles. The molecule has 1 fully saturated rings. The molecule has 1 aliphatic rings. The first kappa shape index (κ1) is 12.8. The van der Waals surface area contributed by atoms with E-state index in [-0.39, 0.29) is 5.78 Å². The van der Waals surface area contributed by atoms with Crippen LogP contribution < -0.4 is 0 Å². The number of Topliss-reactive ketones (excluding diaryl/α,β-unsaturated/α-hetero) is 1. The van der Waals surface area contributed by atoms with Gasteiger partial charge in [-0.05, 0) is 31.4 Å². The van der Waals surface area contributed by atoms with Gasteiger partial charge in [-0.2, -0.15) is 11.8 Å². The van der Waals surface area contributed by atoms with Crippen LogP contribution in [-0.4, -0.2) is 16.8 Å². The molecule has 3 heteroatoms. The highest BCUT2D eigenvalue weighted by Crippen LogP contribution is 2.30. The number of hydrogen-bond donors (Lipinski definition) is 0. The van der Waals surface area contributed by atoms with E-state index >= 15 is 0 Å². The van der Waals surface area contributed by atoms with E-state index in [4.69, 9.17) is 4.42 Å². The molecule has 1 aliphatic carbocycles. The van der Waals surface area contributed by atoms with Gasteiger partial charge in [0.05, 0.1) is 5.75 Å². The lowest BCUT2D eigenvalue weighted by atomic mass is 10.2. The van der Waals surface area contributed by atoms with Gasteiger partial charge in [-0.1, -0.05) is 31.0 Å². The van der Waals surface area contributed by atoms with Crippen molar-refractivity contribution in [2.24, 2.45) is 0 Å². The van der Waals surface area contributed by atoms with Crippen LogP contribution in [0.2, 0.25) is 0 Å². The third-order valence-electron chi connectivity index (χ3n) is 3.77. The minimum Gasteiger partial charge on any atom is -0.453 e. The summed E-state index contributed by atoms with van der Waals surface area (Å²) in [5, 5.41) is 1.70.